The lowest BCUT2D eigenvalue weighted by atomic mass is 9.82. The Morgan fingerprint density at radius 3 is 2.10 bits per heavy atom. The maximum atomic E-state index is 14.2. The second-order valence-corrected chi connectivity index (χ2v) is 13.6. The first-order chi connectivity index (χ1) is 23.8. The molecule has 0 unspecified atom stereocenters. The normalized spacial score (nSPS) is 15.5. The van der Waals surface area contributed by atoms with Gasteiger partial charge in [0, 0.05) is 24.7 Å². The molecular formula is C42H47NO6. The van der Waals surface area contributed by atoms with Crippen LogP contribution in [0.5, 0.6) is 23.0 Å². The number of aromatic amines is 1. The quantitative estimate of drug-likeness (QED) is 0.0902. The number of hydrogen-bond donors (Lipinski definition) is 4. The number of fused-ring (bicyclic) bond motifs is 1. The van der Waals surface area contributed by atoms with Gasteiger partial charge in [-0.25, -0.2) is 0 Å². The molecule has 1 aliphatic rings. The number of Topliss-reactive ketones (excluding diaryl/α,β-unsaturated/α-hetero) is 1. The molecule has 1 aliphatic carbocycles. The van der Waals surface area contributed by atoms with Gasteiger partial charge in [0.2, 0.25) is 0 Å². The number of aromatic nitrogens is 1. The van der Waals surface area contributed by atoms with Crippen molar-refractivity contribution >= 4 is 16.6 Å². The van der Waals surface area contributed by atoms with E-state index in [2.05, 4.69) is 35.3 Å². The lowest BCUT2D eigenvalue weighted by Crippen LogP contribution is -2.31. The molecule has 0 bridgehead atoms. The third kappa shape index (κ3) is 9.04. The predicted octanol–water partition coefficient (Wildman–Crippen LogP) is 8.12. The Hall–Kier alpha value is -4.75. The highest BCUT2D eigenvalue weighted by atomic mass is 16.5. The number of methoxy groups -OCH3 is 1. The Labute approximate surface area is 288 Å². The van der Waals surface area contributed by atoms with Gasteiger partial charge in [-0.15, -0.1) is 0 Å². The Kier molecular flexibility index (Phi) is 11.2. The number of phenols is 2. The predicted molar refractivity (Wildman–Crippen MR) is 192 cm³/mol. The van der Waals surface area contributed by atoms with E-state index in [4.69, 9.17) is 9.47 Å². The van der Waals surface area contributed by atoms with Crippen LogP contribution in [0.3, 0.4) is 0 Å². The monoisotopic (exact) mass is 661 g/mol. The minimum Gasteiger partial charge on any atom is -0.504 e. The Morgan fingerprint density at radius 1 is 0.755 bits per heavy atom. The van der Waals surface area contributed by atoms with Crippen molar-refractivity contribution in [1.29, 1.82) is 0 Å². The van der Waals surface area contributed by atoms with E-state index in [0.717, 1.165) is 58.7 Å². The molecule has 7 nitrogen and oxygen atoms in total. The third-order valence-electron chi connectivity index (χ3n) is 9.96. The lowest BCUT2D eigenvalue weighted by Gasteiger charge is -2.26. The summed E-state index contributed by atoms with van der Waals surface area (Å²) in [4.78, 5) is 17.3. The molecule has 4 aromatic carbocycles. The molecule has 0 radical (unpaired) electrons. The molecule has 0 saturated heterocycles. The van der Waals surface area contributed by atoms with Gasteiger partial charge in [0.1, 0.15) is 5.78 Å². The van der Waals surface area contributed by atoms with Crippen molar-refractivity contribution in [3.63, 3.8) is 0 Å². The van der Waals surface area contributed by atoms with Crippen LogP contribution in [0.15, 0.2) is 97.3 Å². The van der Waals surface area contributed by atoms with Gasteiger partial charge in [-0.05, 0) is 121 Å². The molecule has 1 aromatic heterocycles. The Bertz CT molecular complexity index is 1830. The highest BCUT2D eigenvalue weighted by Gasteiger charge is 2.28. The number of benzene rings is 4. The third-order valence-corrected chi connectivity index (χ3v) is 9.96. The van der Waals surface area contributed by atoms with E-state index in [9.17, 15) is 20.1 Å². The first-order valence-electron chi connectivity index (χ1n) is 17.5. The van der Waals surface area contributed by atoms with Crippen LogP contribution >= 0.6 is 0 Å². The smallest absolute Gasteiger partial charge is 0.161 e. The summed E-state index contributed by atoms with van der Waals surface area (Å²) in [6, 6.07) is 27.1. The number of carbonyl (C=O) groups is 1. The zero-order valence-corrected chi connectivity index (χ0v) is 28.2. The van der Waals surface area contributed by atoms with Gasteiger partial charge in [-0.2, -0.15) is 0 Å². The van der Waals surface area contributed by atoms with E-state index in [0.29, 0.717) is 37.2 Å². The maximum Gasteiger partial charge on any atom is 0.161 e. The number of hydrogen-bond acceptors (Lipinski definition) is 6. The molecule has 5 aromatic rings. The highest BCUT2D eigenvalue weighted by molar-refractivity contribution is 5.84. The molecule has 1 saturated carbocycles. The fraction of sp³-hybridized carbons (Fsp3) is 0.357. The average Bonchev–Trinajstić information content (AvgIpc) is 3.63. The number of H-pyrrole nitrogens is 1. The lowest BCUT2D eigenvalue weighted by molar-refractivity contribution is -0.125. The molecular weight excluding hydrogens is 614 g/mol. The van der Waals surface area contributed by atoms with E-state index in [1.54, 1.807) is 18.2 Å². The van der Waals surface area contributed by atoms with Gasteiger partial charge in [-0.3, -0.25) is 4.79 Å². The Morgan fingerprint density at radius 2 is 1.39 bits per heavy atom. The van der Waals surface area contributed by atoms with Crippen LogP contribution in [0.2, 0.25) is 0 Å². The molecule has 0 spiro atoms. The van der Waals surface area contributed by atoms with Crippen molar-refractivity contribution in [3.05, 3.63) is 120 Å². The van der Waals surface area contributed by atoms with Gasteiger partial charge in [-0.1, -0.05) is 61.0 Å². The summed E-state index contributed by atoms with van der Waals surface area (Å²) in [5, 5.41) is 34.8. The zero-order chi connectivity index (χ0) is 34.2. The summed E-state index contributed by atoms with van der Waals surface area (Å²) < 4.78 is 11.6. The number of rotatable bonds is 15. The molecule has 1 fully saturated rings. The topological polar surface area (TPSA) is 112 Å². The van der Waals surface area contributed by atoms with Crippen molar-refractivity contribution in [3.8, 4) is 23.0 Å². The van der Waals surface area contributed by atoms with Crippen molar-refractivity contribution in [2.24, 2.45) is 11.8 Å². The van der Waals surface area contributed by atoms with Gasteiger partial charge in [0.05, 0.1) is 19.3 Å². The second-order valence-electron chi connectivity index (χ2n) is 13.6. The first-order valence-corrected chi connectivity index (χ1v) is 17.5. The molecule has 0 aliphatic heterocycles. The summed E-state index contributed by atoms with van der Waals surface area (Å²) in [5.74, 6) is 0.350. The van der Waals surface area contributed by atoms with Crippen LogP contribution in [0.1, 0.15) is 60.8 Å². The number of ketones is 1. The number of aliphatic hydroxyl groups excluding tert-OH is 1. The van der Waals surface area contributed by atoms with Crippen LogP contribution in [0.25, 0.3) is 10.8 Å². The standard InChI is InChI=1S/C42H47NO6/c1-48-41-24-29(12-15-37(41)44)21-34(20-28-11-14-32-7-5-6-8-33(32)19-28)39(46)26-40(47)35(23-31-17-18-43-27-31)22-30-13-16-38(45)42(25-30)49-36-9-3-2-4-10-36/h5-8,11-19,24-25,27,34-36,40,43-45,47H,2-4,9-10,20-23,26H2,1H3/t34-,35+,40-/m1/s1. The zero-order valence-electron chi connectivity index (χ0n) is 28.2. The molecule has 3 atom stereocenters. The van der Waals surface area contributed by atoms with Crippen molar-refractivity contribution in [2.75, 3.05) is 7.11 Å². The molecule has 256 valence electrons. The summed E-state index contributed by atoms with van der Waals surface area (Å²) in [7, 11) is 1.51. The molecule has 0 amide bonds. The van der Waals surface area contributed by atoms with Gasteiger partial charge >= 0.3 is 0 Å². The number of aliphatic hydroxyl groups is 1. The summed E-state index contributed by atoms with van der Waals surface area (Å²) in [5.41, 5.74) is 3.93. The molecule has 6 rings (SSSR count). The van der Waals surface area contributed by atoms with Gasteiger partial charge < -0.3 is 29.8 Å². The summed E-state index contributed by atoms with van der Waals surface area (Å²) >= 11 is 0. The molecule has 7 heteroatoms. The van der Waals surface area contributed by atoms with Crippen LogP contribution in [0, 0.1) is 11.8 Å². The van der Waals surface area contributed by atoms with Crippen molar-refractivity contribution in [2.45, 2.75) is 76.4 Å². The summed E-state index contributed by atoms with van der Waals surface area (Å²) in [6.07, 6.45) is 10.5. The minimum absolute atomic E-state index is 0.00602. The van der Waals surface area contributed by atoms with Crippen LogP contribution < -0.4 is 9.47 Å². The maximum absolute atomic E-state index is 14.2. The van der Waals surface area contributed by atoms with E-state index < -0.39 is 12.0 Å². The SMILES string of the molecule is COc1cc(C[C@@H](Cc2ccc3ccccc3c2)C(=O)C[C@@H](O)[C@H](Cc2cc[nH]c2)Cc2ccc(O)c(OC3CCCCC3)c2)ccc1O. The van der Waals surface area contributed by atoms with Crippen molar-refractivity contribution in [1.82, 2.24) is 4.98 Å². The van der Waals surface area contributed by atoms with Crippen LogP contribution in [0.4, 0.5) is 0 Å². The fourth-order valence-electron chi connectivity index (χ4n) is 7.20. The highest BCUT2D eigenvalue weighted by Crippen LogP contribution is 2.34. The summed E-state index contributed by atoms with van der Waals surface area (Å²) in [6.45, 7) is 0. The number of phenolic OH excluding ortho intramolecular Hbond substituents is 2. The minimum atomic E-state index is -0.896. The first kappa shape index (κ1) is 34.1. The number of aromatic hydroxyl groups is 2. The van der Waals surface area contributed by atoms with E-state index in [1.807, 2.05) is 48.8 Å². The number of carbonyl (C=O) groups excluding carboxylic acids is 1. The van der Waals surface area contributed by atoms with Crippen molar-refractivity contribution < 1.29 is 29.6 Å². The second kappa shape index (κ2) is 16.1. The van der Waals surface area contributed by atoms with E-state index in [-0.39, 0.29) is 35.7 Å². The van der Waals surface area contributed by atoms with E-state index >= 15 is 0 Å². The van der Waals surface area contributed by atoms with E-state index in [1.165, 1.54) is 13.5 Å². The number of nitrogens with one attached hydrogen (secondary N) is 1. The number of ether oxygens (including phenoxy) is 2. The fourth-order valence-corrected chi connectivity index (χ4v) is 7.20. The molecule has 4 N–H and O–H groups in total. The molecule has 1 heterocycles. The molecule has 49 heavy (non-hydrogen) atoms. The Balaban J connectivity index is 1.23. The van der Waals surface area contributed by atoms with Gasteiger partial charge in [0.25, 0.3) is 0 Å². The van der Waals surface area contributed by atoms with Crippen LogP contribution in [-0.2, 0) is 30.5 Å². The van der Waals surface area contributed by atoms with Crippen LogP contribution in [-0.4, -0.2) is 45.4 Å². The largest absolute Gasteiger partial charge is 0.504 e. The van der Waals surface area contributed by atoms with Gasteiger partial charge in [0.15, 0.2) is 23.0 Å². The average molecular weight is 662 g/mol.